The van der Waals surface area contributed by atoms with Crippen molar-refractivity contribution in [2.24, 2.45) is 0 Å². The first-order valence-corrected chi connectivity index (χ1v) is 6.42. The Bertz CT molecular complexity index is 368. The van der Waals surface area contributed by atoms with E-state index in [0.29, 0.717) is 12.5 Å². The van der Waals surface area contributed by atoms with Crippen LogP contribution >= 0.6 is 0 Å². The number of hydrogen-bond acceptors (Lipinski definition) is 2. The molecule has 4 heteroatoms. The Balaban J connectivity index is 1.70. The molecule has 1 heterocycles. The molecule has 1 amide bonds. The molecule has 4 nitrogen and oxygen atoms in total. The Kier molecular flexibility index (Phi) is 4.20. The van der Waals surface area contributed by atoms with E-state index in [-0.39, 0.29) is 5.91 Å². The minimum absolute atomic E-state index is 0.175. The summed E-state index contributed by atoms with van der Waals surface area (Å²) < 4.78 is 2.08. The molecule has 1 aromatic rings. The van der Waals surface area contributed by atoms with Crippen LogP contribution in [0.2, 0.25) is 0 Å². The lowest BCUT2D eigenvalue weighted by Gasteiger charge is -2.04. The first kappa shape index (κ1) is 12.2. The number of hydrogen-bond donors (Lipinski definition) is 2. The topological polar surface area (TPSA) is 46.1 Å². The number of carbonyl (C=O) groups is 1. The van der Waals surface area contributed by atoms with E-state index in [2.05, 4.69) is 34.4 Å². The number of nitrogens with zero attached hydrogens (tertiary/aromatic N) is 1. The molecule has 17 heavy (non-hydrogen) atoms. The van der Waals surface area contributed by atoms with Crippen molar-refractivity contribution >= 4 is 5.91 Å². The highest BCUT2D eigenvalue weighted by molar-refractivity contribution is 5.76. The van der Waals surface area contributed by atoms with Gasteiger partial charge in [0.15, 0.2) is 0 Å². The Morgan fingerprint density at radius 1 is 1.53 bits per heavy atom. The normalized spacial score (nSPS) is 14.9. The molecule has 0 saturated heterocycles. The van der Waals surface area contributed by atoms with Crippen LogP contribution in [0.5, 0.6) is 0 Å². The summed E-state index contributed by atoms with van der Waals surface area (Å²) in [6.45, 7) is 4.75. The highest BCUT2D eigenvalue weighted by atomic mass is 16.1. The van der Waals surface area contributed by atoms with E-state index in [9.17, 15) is 4.79 Å². The first-order chi connectivity index (χ1) is 8.28. The summed E-state index contributed by atoms with van der Waals surface area (Å²) in [5.41, 5.74) is 1.27. The Morgan fingerprint density at radius 2 is 2.35 bits per heavy atom. The van der Waals surface area contributed by atoms with E-state index in [4.69, 9.17) is 0 Å². The van der Waals surface area contributed by atoms with Crippen molar-refractivity contribution < 1.29 is 4.79 Å². The molecule has 94 valence electrons. The molecule has 1 aromatic heterocycles. The predicted octanol–water partition coefficient (Wildman–Crippen LogP) is 1.27. The van der Waals surface area contributed by atoms with Gasteiger partial charge in [0, 0.05) is 37.9 Å². The van der Waals surface area contributed by atoms with Gasteiger partial charge >= 0.3 is 0 Å². The quantitative estimate of drug-likeness (QED) is 0.747. The molecule has 2 N–H and O–H groups in total. The average molecular weight is 235 g/mol. The summed E-state index contributed by atoms with van der Waals surface area (Å²) >= 11 is 0. The maximum absolute atomic E-state index is 11.5. The molecule has 0 bridgehead atoms. The number of amides is 1. The highest BCUT2D eigenvalue weighted by Crippen LogP contribution is 2.18. The van der Waals surface area contributed by atoms with Crippen LogP contribution in [-0.4, -0.2) is 23.1 Å². The maximum atomic E-state index is 11.5. The molecule has 1 saturated carbocycles. The van der Waals surface area contributed by atoms with Crippen LogP contribution < -0.4 is 10.6 Å². The van der Waals surface area contributed by atoms with E-state index >= 15 is 0 Å². The summed E-state index contributed by atoms with van der Waals surface area (Å²) in [7, 11) is 0. The number of carbonyl (C=O) groups excluding carboxylic acids is 1. The van der Waals surface area contributed by atoms with Crippen molar-refractivity contribution in [2.75, 3.05) is 6.54 Å². The van der Waals surface area contributed by atoms with Crippen LogP contribution in [0, 0.1) is 0 Å². The van der Waals surface area contributed by atoms with Gasteiger partial charge in [-0.25, -0.2) is 0 Å². The molecule has 0 radical (unpaired) electrons. The molecule has 1 fully saturated rings. The molecule has 0 aliphatic heterocycles. The van der Waals surface area contributed by atoms with E-state index in [1.807, 2.05) is 6.20 Å². The molecular formula is C13H21N3O. The second-order valence-corrected chi connectivity index (χ2v) is 4.63. The van der Waals surface area contributed by atoms with Crippen LogP contribution in [0.15, 0.2) is 18.5 Å². The first-order valence-electron chi connectivity index (χ1n) is 6.42. The second kappa shape index (κ2) is 5.87. The molecular weight excluding hydrogens is 214 g/mol. The van der Waals surface area contributed by atoms with Gasteiger partial charge in [0.2, 0.25) is 5.91 Å². The number of aryl methyl sites for hydroxylation is 1. The third-order valence-corrected chi connectivity index (χ3v) is 2.93. The zero-order valence-electron chi connectivity index (χ0n) is 10.4. The number of rotatable bonds is 7. The van der Waals surface area contributed by atoms with Crippen molar-refractivity contribution in [1.29, 1.82) is 0 Å². The fourth-order valence-corrected chi connectivity index (χ4v) is 1.76. The summed E-state index contributed by atoms with van der Waals surface area (Å²) in [5.74, 6) is 0.175. The van der Waals surface area contributed by atoms with Crippen LogP contribution in [0.4, 0.5) is 0 Å². The molecule has 2 rings (SSSR count). The third kappa shape index (κ3) is 4.23. The van der Waals surface area contributed by atoms with Crippen molar-refractivity contribution in [1.82, 2.24) is 15.2 Å². The van der Waals surface area contributed by atoms with Gasteiger partial charge in [-0.05, 0) is 31.0 Å². The molecule has 0 atom stereocenters. The zero-order valence-corrected chi connectivity index (χ0v) is 10.4. The monoisotopic (exact) mass is 235 g/mol. The average Bonchev–Trinajstić information content (AvgIpc) is 3.01. The van der Waals surface area contributed by atoms with E-state index in [1.54, 1.807) is 0 Å². The lowest BCUT2D eigenvalue weighted by molar-refractivity contribution is -0.121. The van der Waals surface area contributed by atoms with Gasteiger partial charge in [0.1, 0.15) is 0 Å². The minimum Gasteiger partial charge on any atom is -0.353 e. The summed E-state index contributed by atoms with van der Waals surface area (Å²) in [6, 6.07) is 2.57. The molecule has 0 spiro atoms. The van der Waals surface area contributed by atoms with Crippen LogP contribution in [-0.2, 0) is 17.9 Å². The third-order valence-electron chi connectivity index (χ3n) is 2.93. The fourth-order valence-electron chi connectivity index (χ4n) is 1.76. The van der Waals surface area contributed by atoms with E-state index < -0.39 is 0 Å². The van der Waals surface area contributed by atoms with E-state index in [1.165, 1.54) is 5.56 Å². The van der Waals surface area contributed by atoms with E-state index in [0.717, 1.165) is 32.5 Å². The minimum atomic E-state index is 0.175. The summed E-state index contributed by atoms with van der Waals surface area (Å²) in [5, 5.41) is 6.29. The van der Waals surface area contributed by atoms with Gasteiger partial charge in [0.05, 0.1) is 0 Å². The second-order valence-electron chi connectivity index (χ2n) is 4.63. The van der Waals surface area contributed by atoms with Gasteiger partial charge in [-0.15, -0.1) is 0 Å². The standard InChI is InChI=1S/C13H21N3O/c1-2-14-9-11-5-7-16(10-11)8-6-13(17)15-12-3-4-12/h5,7,10,12,14H,2-4,6,8-9H2,1H3,(H,15,17). The Hall–Kier alpha value is -1.29. The van der Waals surface area contributed by atoms with Gasteiger partial charge in [-0.3, -0.25) is 4.79 Å². The van der Waals surface area contributed by atoms with Gasteiger partial charge in [-0.1, -0.05) is 6.92 Å². The maximum Gasteiger partial charge on any atom is 0.222 e. The molecule has 1 aliphatic rings. The number of aromatic nitrogens is 1. The molecule has 0 unspecified atom stereocenters. The SMILES string of the molecule is CCNCc1ccn(CCC(=O)NC2CC2)c1. The molecule has 0 aromatic carbocycles. The lowest BCUT2D eigenvalue weighted by Crippen LogP contribution is -2.26. The fraction of sp³-hybridized carbons (Fsp3) is 0.615. The van der Waals surface area contributed by atoms with Crippen molar-refractivity contribution in [2.45, 2.75) is 45.3 Å². The predicted molar refractivity (Wildman–Crippen MR) is 67.6 cm³/mol. The number of nitrogens with one attached hydrogen (secondary N) is 2. The van der Waals surface area contributed by atoms with Gasteiger partial charge in [-0.2, -0.15) is 0 Å². The van der Waals surface area contributed by atoms with Crippen LogP contribution in [0.3, 0.4) is 0 Å². The molecule has 1 aliphatic carbocycles. The Morgan fingerprint density at radius 3 is 3.06 bits per heavy atom. The summed E-state index contributed by atoms with van der Waals surface area (Å²) in [6.07, 6.45) is 7.03. The zero-order chi connectivity index (χ0) is 12.1. The van der Waals surface area contributed by atoms with Crippen LogP contribution in [0.1, 0.15) is 31.7 Å². The van der Waals surface area contributed by atoms with Gasteiger partial charge in [0.25, 0.3) is 0 Å². The van der Waals surface area contributed by atoms with Crippen molar-refractivity contribution in [3.8, 4) is 0 Å². The smallest absolute Gasteiger partial charge is 0.222 e. The van der Waals surface area contributed by atoms with Gasteiger partial charge < -0.3 is 15.2 Å². The van der Waals surface area contributed by atoms with Crippen molar-refractivity contribution in [3.63, 3.8) is 0 Å². The lowest BCUT2D eigenvalue weighted by atomic mass is 10.3. The van der Waals surface area contributed by atoms with Crippen molar-refractivity contribution in [3.05, 3.63) is 24.0 Å². The highest BCUT2D eigenvalue weighted by Gasteiger charge is 2.22. The largest absolute Gasteiger partial charge is 0.353 e. The summed E-state index contributed by atoms with van der Waals surface area (Å²) in [4.78, 5) is 11.5. The Labute approximate surface area is 102 Å². The van der Waals surface area contributed by atoms with Crippen LogP contribution in [0.25, 0.3) is 0 Å².